The van der Waals surface area contributed by atoms with E-state index in [0.29, 0.717) is 18.0 Å². The first-order valence-corrected chi connectivity index (χ1v) is 9.40. The quantitative estimate of drug-likeness (QED) is 0.732. The van der Waals surface area contributed by atoms with Crippen molar-refractivity contribution in [1.82, 2.24) is 4.90 Å². The molecule has 2 heterocycles. The van der Waals surface area contributed by atoms with E-state index in [2.05, 4.69) is 30.4 Å². The Morgan fingerprint density at radius 3 is 2.88 bits per heavy atom. The normalized spacial score (nSPS) is 21.8. The van der Waals surface area contributed by atoms with Gasteiger partial charge in [-0.2, -0.15) is 0 Å². The highest BCUT2D eigenvalue weighted by atomic mass is 35.5. The second kappa shape index (κ2) is 6.90. The smallest absolute Gasteiger partial charge is 0.0886 e. The predicted octanol–water partition coefficient (Wildman–Crippen LogP) is 5.73. The van der Waals surface area contributed by atoms with Gasteiger partial charge in [-0.1, -0.05) is 30.7 Å². The number of hydrogen-bond acceptors (Lipinski definition) is 3. The molecule has 2 aromatic carbocycles. The summed E-state index contributed by atoms with van der Waals surface area (Å²) in [6.45, 7) is 2.44. The van der Waals surface area contributed by atoms with E-state index in [1.807, 2.05) is 31.2 Å². The summed E-state index contributed by atoms with van der Waals surface area (Å²) in [6, 6.07) is 11.9. The molecule has 0 aromatic heterocycles. The van der Waals surface area contributed by atoms with E-state index in [1.165, 1.54) is 5.56 Å². The zero-order chi connectivity index (χ0) is 20.8. The van der Waals surface area contributed by atoms with Crippen molar-refractivity contribution in [2.24, 2.45) is 4.99 Å². The lowest BCUT2D eigenvalue weighted by atomic mass is 9.92. The second-order valence-corrected chi connectivity index (χ2v) is 7.29. The van der Waals surface area contributed by atoms with Gasteiger partial charge in [-0.05, 0) is 68.2 Å². The number of fused-ring (bicyclic) bond motifs is 2. The molecule has 0 spiro atoms. The van der Waals surface area contributed by atoms with E-state index in [1.54, 1.807) is 4.90 Å². The lowest BCUT2D eigenvalue weighted by molar-refractivity contribution is 0.288. The molecular weight excluding hydrogens is 342 g/mol. The van der Waals surface area contributed by atoms with Crippen LogP contribution in [0.5, 0.6) is 0 Å². The molecule has 0 unspecified atom stereocenters. The Bertz CT molecular complexity index is 1010. The zero-order valence-corrected chi connectivity index (χ0v) is 15.8. The van der Waals surface area contributed by atoms with E-state index < -0.39 is 6.98 Å². The lowest BCUT2D eigenvalue weighted by Gasteiger charge is -2.29. The number of nitrogens with zero attached hydrogens (tertiary/aromatic N) is 2. The standard InChI is InChI=1S/C22H24ClN3/c1-4-15-5-7-19-18(12-15)22(16-9-10-26(3)14(2)11-16)25-21-13-17(23)6-8-20(21)24-19/h5-8,11-14,24H,4,9-10H2,1-3H3/t14-/m0/s1/i3D3. The summed E-state index contributed by atoms with van der Waals surface area (Å²) in [4.78, 5) is 6.56. The first-order chi connectivity index (χ1) is 13.8. The maximum absolute atomic E-state index is 7.77. The molecule has 3 nitrogen and oxygen atoms in total. The van der Waals surface area contributed by atoms with E-state index in [4.69, 9.17) is 20.7 Å². The first-order valence-electron chi connectivity index (χ1n) is 10.5. The van der Waals surface area contributed by atoms with Gasteiger partial charge in [0.1, 0.15) is 0 Å². The van der Waals surface area contributed by atoms with Gasteiger partial charge in [-0.25, -0.2) is 4.99 Å². The number of aryl methyl sites for hydroxylation is 1. The maximum atomic E-state index is 7.77. The molecule has 1 N–H and O–H groups in total. The van der Waals surface area contributed by atoms with E-state index >= 15 is 0 Å². The van der Waals surface area contributed by atoms with Gasteiger partial charge >= 0.3 is 0 Å². The van der Waals surface area contributed by atoms with Crippen LogP contribution in [0, 0.1) is 0 Å². The van der Waals surface area contributed by atoms with Gasteiger partial charge in [-0.15, -0.1) is 0 Å². The fraction of sp³-hybridized carbons (Fsp3) is 0.318. The van der Waals surface area contributed by atoms with E-state index in [0.717, 1.165) is 40.3 Å². The highest BCUT2D eigenvalue weighted by molar-refractivity contribution is 6.31. The van der Waals surface area contributed by atoms with Crippen LogP contribution >= 0.6 is 11.6 Å². The number of rotatable bonds is 2. The average Bonchev–Trinajstić information content (AvgIpc) is 2.82. The van der Waals surface area contributed by atoms with Crippen LogP contribution in [0.3, 0.4) is 0 Å². The SMILES string of the molecule is [2H]C([2H])([2H])N1CCC(C2=Nc3cc(Cl)ccc3Nc3ccc(CC)cc32)=C[C@@H]1C. The molecule has 0 amide bonds. The van der Waals surface area contributed by atoms with Crippen molar-refractivity contribution in [3.63, 3.8) is 0 Å². The lowest BCUT2D eigenvalue weighted by Crippen LogP contribution is -2.33. The molecule has 4 rings (SSSR count). The molecule has 0 aliphatic carbocycles. The average molecular weight is 369 g/mol. The summed E-state index contributed by atoms with van der Waals surface area (Å²) in [5.41, 5.74) is 6.92. The number of hydrogen-bond donors (Lipinski definition) is 1. The molecular formula is C22H24ClN3. The van der Waals surface area contributed by atoms with Crippen LogP contribution in [0.4, 0.5) is 17.1 Å². The third-order valence-corrected chi connectivity index (χ3v) is 5.30. The third-order valence-electron chi connectivity index (χ3n) is 5.07. The van der Waals surface area contributed by atoms with Crippen LogP contribution in [-0.4, -0.2) is 30.2 Å². The molecule has 0 radical (unpaired) electrons. The molecule has 0 fully saturated rings. The number of benzene rings is 2. The highest BCUT2D eigenvalue weighted by Gasteiger charge is 2.23. The molecule has 1 atom stereocenters. The molecule has 26 heavy (non-hydrogen) atoms. The summed E-state index contributed by atoms with van der Waals surface area (Å²) < 4.78 is 23.3. The summed E-state index contributed by atoms with van der Waals surface area (Å²) in [5, 5.41) is 4.13. The first kappa shape index (κ1) is 14.0. The van der Waals surface area contributed by atoms with Crippen molar-refractivity contribution in [2.75, 3.05) is 18.8 Å². The zero-order valence-electron chi connectivity index (χ0n) is 18.0. The molecule has 134 valence electrons. The maximum Gasteiger partial charge on any atom is 0.0886 e. The molecule has 0 saturated carbocycles. The van der Waals surface area contributed by atoms with Crippen LogP contribution in [-0.2, 0) is 6.42 Å². The van der Waals surface area contributed by atoms with Crippen molar-refractivity contribution in [3.05, 3.63) is 64.2 Å². The van der Waals surface area contributed by atoms with Crippen molar-refractivity contribution < 1.29 is 4.11 Å². The van der Waals surface area contributed by atoms with Gasteiger partial charge in [0.15, 0.2) is 0 Å². The predicted molar refractivity (Wildman–Crippen MR) is 112 cm³/mol. The van der Waals surface area contributed by atoms with Crippen LogP contribution in [0.2, 0.25) is 5.02 Å². The van der Waals surface area contributed by atoms with Gasteiger partial charge in [0.25, 0.3) is 0 Å². The molecule has 2 aliphatic heterocycles. The number of halogens is 1. The Morgan fingerprint density at radius 1 is 1.27 bits per heavy atom. The van der Waals surface area contributed by atoms with Crippen molar-refractivity contribution in [2.45, 2.75) is 32.7 Å². The molecule has 2 aliphatic rings. The number of nitrogens with one attached hydrogen (secondary N) is 1. The Balaban J connectivity index is 1.86. The fourth-order valence-electron chi connectivity index (χ4n) is 3.50. The minimum Gasteiger partial charge on any atom is -0.353 e. The molecule has 2 aromatic rings. The Labute approximate surface area is 164 Å². The minimum absolute atomic E-state index is 0.193. The topological polar surface area (TPSA) is 27.6 Å². The monoisotopic (exact) mass is 368 g/mol. The molecule has 4 heteroatoms. The van der Waals surface area contributed by atoms with Crippen molar-refractivity contribution in [3.8, 4) is 0 Å². The molecule has 0 bridgehead atoms. The van der Waals surface area contributed by atoms with Crippen LogP contribution < -0.4 is 5.32 Å². The summed E-state index contributed by atoms with van der Waals surface area (Å²) in [6.07, 6.45) is 3.60. The van der Waals surface area contributed by atoms with Crippen molar-refractivity contribution in [1.29, 1.82) is 0 Å². The van der Waals surface area contributed by atoms with Gasteiger partial charge in [0, 0.05) is 33.0 Å². The summed E-state index contributed by atoms with van der Waals surface area (Å²) in [7, 11) is 0. The van der Waals surface area contributed by atoms with Gasteiger partial charge in [0.2, 0.25) is 0 Å². The number of aliphatic imine (C=N–C) groups is 1. The van der Waals surface area contributed by atoms with Crippen LogP contribution in [0.1, 0.15) is 35.5 Å². The Kier molecular flexibility index (Phi) is 3.72. The van der Waals surface area contributed by atoms with E-state index in [9.17, 15) is 0 Å². The third kappa shape index (κ3) is 3.17. The van der Waals surface area contributed by atoms with Gasteiger partial charge < -0.3 is 5.32 Å². The van der Waals surface area contributed by atoms with Crippen LogP contribution in [0.15, 0.2) is 53.0 Å². The minimum atomic E-state index is -2.10. The van der Waals surface area contributed by atoms with Crippen LogP contribution in [0.25, 0.3) is 0 Å². The van der Waals surface area contributed by atoms with Crippen molar-refractivity contribution >= 4 is 34.4 Å². The molecule has 0 saturated heterocycles. The summed E-state index contributed by atoms with van der Waals surface area (Å²) in [5.74, 6) is 0. The number of anilines is 2. The summed E-state index contributed by atoms with van der Waals surface area (Å²) >= 11 is 6.23. The Morgan fingerprint density at radius 2 is 2.12 bits per heavy atom. The van der Waals surface area contributed by atoms with Gasteiger partial charge in [-0.3, -0.25) is 4.90 Å². The Hall–Kier alpha value is -2.10. The van der Waals surface area contributed by atoms with Gasteiger partial charge in [0.05, 0.1) is 17.1 Å². The highest BCUT2D eigenvalue weighted by Crippen LogP contribution is 2.38. The largest absolute Gasteiger partial charge is 0.353 e. The second-order valence-electron chi connectivity index (χ2n) is 6.86. The number of likely N-dealkylation sites (N-methyl/N-ethyl adjacent to an activating group) is 1. The van der Waals surface area contributed by atoms with E-state index in [-0.39, 0.29) is 6.04 Å². The fourth-order valence-corrected chi connectivity index (χ4v) is 3.66.